The molecule has 0 aromatic heterocycles. The Hall–Kier alpha value is -2.04. The van der Waals surface area contributed by atoms with Gasteiger partial charge in [0.2, 0.25) is 0 Å². The molecule has 0 aromatic carbocycles. The fourth-order valence-electron chi connectivity index (χ4n) is 2.10. The highest BCUT2D eigenvalue weighted by Crippen LogP contribution is 2.23. The highest BCUT2D eigenvalue weighted by molar-refractivity contribution is 5.39. The lowest BCUT2D eigenvalue weighted by atomic mass is 9.99. The van der Waals surface area contributed by atoms with Gasteiger partial charge in [-0.1, -0.05) is 11.8 Å². The predicted octanol–water partition coefficient (Wildman–Crippen LogP) is -2.02. The van der Waals surface area contributed by atoms with Gasteiger partial charge in [0.15, 0.2) is 6.29 Å². The third-order valence-electron chi connectivity index (χ3n) is 3.50. The highest BCUT2D eigenvalue weighted by atomic mass is 16.7. The Balaban J connectivity index is 2.52. The smallest absolute Gasteiger partial charge is 0.187 e. The van der Waals surface area contributed by atoms with Crippen molar-refractivity contribution in [2.75, 3.05) is 13.2 Å². The molecule has 0 radical (unpaired) electrons. The molecule has 7 heteroatoms. The lowest BCUT2D eigenvalue weighted by molar-refractivity contribution is -0.313. The van der Waals surface area contributed by atoms with E-state index < -0.39 is 43.4 Å². The second kappa shape index (κ2) is 12.3. The van der Waals surface area contributed by atoms with Crippen LogP contribution in [-0.2, 0) is 9.47 Å². The number of aliphatic hydroxyl groups is 5. The summed E-state index contributed by atoms with van der Waals surface area (Å²) in [4.78, 5) is 0. The van der Waals surface area contributed by atoms with E-state index >= 15 is 0 Å². The standard InChI is InChI=1S/C19H22O7/c1-2-3-4-5-6-7-8-9-10-11-14(12-20)25-19-18(24)17(23)16(22)15(13-21)26-19/h14-24H,10-13H2,1H3/t14-,15-,16-,17+,18-,19-/m1/s1. The quantitative estimate of drug-likeness (QED) is 0.346. The maximum atomic E-state index is 9.90. The summed E-state index contributed by atoms with van der Waals surface area (Å²) in [6.45, 7) is 0.765. The van der Waals surface area contributed by atoms with Crippen LogP contribution in [0.5, 0.6) is 0 Å². The second-order valence-corrected chi connectivity index (χ2v) is 5.35. The van der Waals surface area contributed by atoms with Crippen molar-refractivity contribution in [1.82, 2.24) is 0 Å². The van der Waals surface area contributed by atoms with Crippen LogP contribution in [0.15, 0.2) is 0 Å². The molecule has 26 heavy (non-hydrogen) atoms. The van der Waals surface area contributed by atoms with Crippen molar-refractivity contribution in [3.05, 3.63) is 0 Å². The van der Waals surface area contributed by atoms with Gasteiger partial charge >= 0.3 is 0 Å². The molecule has 140 valence electrons. The van der Waals surface area contributed by atoms with Crippen LogP contribution in [0, 0.1) is 47.4 Å². The van der Waals surface area contributed by atoms with E-state index in [1.807, 2.05) is 0 Å². The van der Waals surface area contributed by atoms with Crippen molar-refractivity contribution in [2.24, 2.45) is 0 Å². The molecule has 5 N–H and O–H groups in total. The molecule has 7 nitrogen and oxygen atoms in total. The fourth-order valence-corrected chi connectivity index (χ4v) is 2.10. The number of aliphatic hydroxyl groups excluding tert-OH is 5. The van der Waals surface area contributed by atoms with Gasteiger partial charge in [-0.2, -0.15) is 0 Å². The molecule has 0 spiro atoms. The first-order chi connectivity index (χ1) is 12.5. The van der Waals surface area contributed by atoms with Crippen LogP contribution in [0.25, 0.3) is 0 Å². The molecule has 0 saturated carbocycles. The van der Waals surface area contributed by atoms with Gasteiger partial charge in [0.25, 0.3) is 0 Å². The number of rotatable bonds is 6. The van der Waals surface area contributed by atoms with E-state index in [1.165, 1.54) is 0 Å². The molecule has 0 bridgehead atoms. The van der Waals surface area contributed by atoms with Crippen molar-refractivity contribution in [2.45, 2.75) is 56.6 Å². The van der Waals surface area contributed by atoms with Crippen molar-refractivity contribution in [3.8, 4) is 47.4 Å². The second-order valence-electron chi connectivity index (χ2n) is 5.35. The molecule has 0 aliphatic carbocycles. The topological polar surface area (TPSA) is 120 Å². The van der Waals surface area contributed by atoms with E-state index in [0.29, 0.717) is 12.8 Å². The van der Waals surface area contributed by atoms with Crippen molar-refractivity contribution >= 4 is 0 Å². The monoisotopic (exact) mass is 362 g/mol. The van der Waals surface area contributed by atoms with Crippen LogP contribution in [0.3, 0.4) is 0 Å². The molecule has 1 rings (SSSR count). The van der Waals surface area contributed by atoms with E-state index in [4.69, 9.17) is 14.6 Å². The average Bonchev–Trinajstić information content (AvgIpc) is 2.65. The zero-order valence-corrected chi connectivity index (χ0v) is 14.3. The number of hydrogen-bond acceptors (Lipinski definition) is 7. The van der Waals surface area contributed by atoms with E-state index in [9.17, 15) is 20.4 Å². The van der Waals surface area contributed by atoms with Gasteiger partial charge in [0.05, 0.1) is 19.3 Å². The van der Waals surface area contributed by atoms with Crippen molar-refractivity contribution in [1.29, 1.82) is 0 Å². The van der Waals surface area contributed by atoms with Crippen LogP contribution in [-0.4, -0.2) is 75.6 Å². The minimum atomic E-state index is -1.53. The van der Waals surface area contributed by atoms with Crippen LogP contribution >= 0.6 is 0 Å². The molecular formula is C19H22O7. The Labute approximate surface area is 152 Å². The average molecular weight is 362 g/mol. The van der Waals surface area contributed by atoms with E-state index in [2.05, 4.69) is 47.4 Å². The van der Waals surface area contributed by atoms with Crippen molar-refractivity contribution < 1.29 is 35.0 Å². The van der Waals surface area contributed by atoms with Gasteiger partial charge in [-0.15, -0.1) is 0 Å². The normalized spacial score (nSPS) is 28.0. The maximum Gasteiger partial charge on any atom is 0.187 e. The molecule has 1 aliphatic rings. The van der Waals surface area contributed by atoms with E-state index in [1.54, 1.807) is 6.92 Å². The first-order valence-electron chi connectivity index (χ1n) is 8.01. The van der Waals surface area contributed by atoms with Crippen molar-refractivity contribution in [3.63, 3.8) is 0 Å². The van der Waals surface area contributed by atoms with Gasteiger partial charge in [0, 0.05) is 6.42 Å². The van der Waals surface area contributed by atoms with Crippen LogP contribution in [0.4, 0.5) is 0 Å². The summed E-state index contributed by atoms with van der Waals surface area (Å²) < 4.78 is 10.7. The summed E-state index contributed by atoms with van der Waals surface area (Å²) in [5.74, 6) is 20.6. The van der Waals surface area contributed by atoms with Gasteiger partial charge in [-0.05, 0) is 48.9 Å². The zero-order chi connectivity index (χ0) is 19.4. The van der Waals surface area contributed by atoms with Crippen LogP contribution < -0.4 is 0 Å². The summed E-state index contributed by atoms with van der Waals surface area (Å²) in [6, 6.07) is 0. The molecule has 0 amide bonds. The van der Waals surface area contributed by atoms with E-state index in [-0.39, 0.29) is 6.61 Å². The number of hydrogen-bond donors (Lipinski definition) is 5. The Morgan fingerprint density at radius 2 is 1.58 bits per heavy atom. The first kappa shape index (κ1) is 22.0. The molecule has 0 aromatic rings. The fraction of sp³-hybridized carbons (Fsp3) is 0.579. The molecule has 1 aliphatic heterocycles. The van der Waals surface area contributed by atoms with E-state index in [0.717, 1.165) is 0 Å². The molecule has 0 unspecified atom stereocenters. The van der Waals surface area contributed by atoms with Gasteiger partial charge in [-0.3, -0.25) is 0 Å². The summed E-state index contributed by atoms with van der Waals surface area (Å²) in [5.41, 5.74) is 0. The highest BCUT2D eigenvalue weighted by Gasteiger charge is 2.44. The summed E-state index contributed by atoms with van der Waals surface area (Å²) in [5, 5.41) is 47.8. The predicted molar refractivity (Wildman–Crippen MR) is 91.7 cm³/mol. The lowest BCUT2D eigenvalue weighted by Crippen LogP contribution is -2.59. The van der Waals surface area contributed by atoms with Crippen LogP contribution in [0.1, 0.15) is 19.8 Å². The minimum absolute atomic E-state index is 0.327. The molecular weight excluding hydrogens is 340 g/mol. The lowest BCUT2D eigenvalue weighted by Gasteiger charge is -2.40. The van der Waals surface area contributed by atoms with Crippen LogP contribution in [0.2, 0.25) is 0 Å². The Morgan fingerprint density at radius 3 is 2.19 bits per heavy atom. The Kier molecular flexibility index (Phi) is 10.4. The maximum absolute atomic E-state index is 9.90. The molecule has 1 fully saturated rings. The largest absolute Gasteiger partial charge is 0.394 e. The Morgan fingerprint density at radius 1 is 0.923 bits per heavy atom. The zero-order valence-electron chi connectivity index (χ0n) is 14.3. The molecule has 1 heterocycles. The molecule has 6 atom stereocenters. The van der Waals surface area contributed by atoms with Gasteiger partial charge in [0.1, 0.15) is 24.4 Å². The summed E-state index contributed by atoms with van der Waals surface area (Å²) in [7, 11) is 0. The SMILES string of the molecule is CC#CC#CC#CC#CCC[C@H](CO)O[C@@H]1O[C@H](CO)[C@@H](O)[C@H](O)[C@H]1O. The first-order valence-corrected chi connectivity index (χ1v) is 8.01. The summed E-state index contributed by atoms with van der Waals surface area (Å²) >= 11 is 0. The number of ether oxygens (including phenoxy) is 2. The summed E-state index contributed by atoms with van der Waals surface area (Å²) in [6.07, 6.45) is -6.87. The minimum Gasteiger partial charge on any atom is -0.394 e. The third-order valence-corrected chi connectivity index (χ3v) is 3.50. The molecule has 1 saturated heterocycles. The van der Waals surface area contributed by atoms with Gasteiger partial charge in [-0.25, -0.2) is 0 Å². The Bertz CT molecular complexity index is 672. The van der Waals surface area contributed by atoms with Gasteiger partial charge < -0.3 is 35.0 Å². The third kappa shape index (κ3) is 7.06.